The summed E-state index contributed by atoms with van der Waals surface area (Å²) in [6.07, 6.45) is 4.61. The third-order valence-corrected chi connectivity index (χ3v) is 4.59. The lowest BCUT2D eigenvalue weighted by Gasteiger charge is -2.27. The van der Waals surface area contributed by atoms with Crippen LogP contribution in [0.1, 0.15) is 25.7 Å². The first-order valence-electron chi connectivity index (χ1n) is 6.20. The third kappa shape index (κ3) is 2.26. The van der Waals surface area contributed by atoms with E-state index in [1.165, 1.54) is 18.4 Å². The molecule has 3 aliphatic rings. The fourth-order valence-electron chi connectivity index (χ4n) is 2.44. The summed E-state index contributed by atoms with van der Waals surface area (Å²) in [5.74, 6) is -0.0200. The van der Waals surface area contributed by atoms with Crippen LogP contribution in [0.15, 0.2) is 15.5 Å². The first-order chi connectivity index (χ1) is 8.34. The number of carbonyl (C=O) groups is 1. The van der Waals surface area contributed by atoms with Gasteiger partial charge in [0.15, 0.2) is 5.17 Å². The van der Waals surface area contributed by atoms with Crippen molar-refractivity contribution in [3.05, 3.63) is 10.5 Å². The molecule has 5 heteroatoms. The Morgan fingerprint density at radius 2 is 1.88 bits per heavy atom. The van der Waals surface area contributed by atoms with Gasteiger partial charge in [0, 0.05) is 13.1 Å². The van der Waals surface area contributed by atoms with E-state index in [1.807, 2.05) is 0 Å². The van der Waals surface area contributed by atoms with Gasteiger partial charge >= 0.3 is 0 Å². The lowest BCUT2D eigenvalue weighted by molar-refractivity contribution is -0.113. The van der Waals surface area contributed by atoms with Crippen LogP contribution in [-0.4, -0.2) is 42.3 Å². The van der Waals surface area contributed by atoms with Gasteiger partial charge in [0.25, 0.3) is 5.91 Å². The van der Waals surface area contributed by atoms with Crippen LogP contribution in [0.5, 0.6) is 0 Å². The van der Waals surface area contributed by atoms with Crippen LogP contribution >= 0.6 is 11.8 Å². The Morgan fingerprint density at radius 1 is 1.18 bits per heavy atom. The van der Waals surface area contributed by atoms with Crippen LogP contribution in [0.4, 0.5) is 0 Å². The summed E-state index contributed by atoms with van der Waals surface area (Å²) in [6, 6.07) is 0. The van der Waals surface area contributed by atoms with Crippen molar-refractivity contribution in [3.8, 4) is 0 Å². The predicted octanol–water partition coefficient (Wildman–Crippen LogP) is 1.78. The quantitative estimate of drug-likeness (QED) is 0.616. The second-order valence-electron chi connectivity index (χ2n) is 4.54. The van der Waals surface area contributed by atoms with Crippen LogP contribution < -0.4 is 0 Å². The lowest BCUT2D eigenvalue weighted by atomic mass is 10.2. The molecule has 0 aromatic heterocycles. The Labute approximate surface area is 105 Å². The first-order valence-corrected chi connectivity index (χ1v) is 7.02. The molecule has 2 heterocycles. The molecule has 1 saturated heterocycles. The van der Waals surface area contributed by atoms with Gasteiger partial charge in [-0.25, -0.2) is 0 Å². The number of carbonyl (C=O) groups excluding carboxylic acids is 1. The Hall–Kier alpha value is -0.810. The third-order valence-electron chi connectivity index (χ3n) is 3.39. The van der Waals surface area contributed by atoms with E-state index in [4.69, 9.17) is 4.74 Å². The monoisotopic (exact) mass is 252 g/mol. The van der Waals surface area contributed by atoms with Crippen molar-refractivity contribution >= 4 is 22.8 Å². The SMILES string of the molecule is O=C1N=C(N2CCOCC2)SC1=C1CCCC1. The smallest absolute Gasteiger partial charge is 0.286 e. The second-order valence-corrected chi connectivity index (χ2v) is 5.52. The molecule has 0 bridgehead atoms. The van der Waals surface area contributed by atoms with Gasteiger partial charge in [0.2, 0.25) is 0 Å². The average Bonchev–Trinajstić information content (AvgIpc) is 2.99. The van der Waals surface area contributed by atoms with E-state index in [2.05, 4.69) is 9.89 Å². The second kappa shape index (κ2) is 4.82. The number of amidine groups is 1. The number of nitrogens with zero attached hydrogens (tertiary/aromatic N) is 2. The van der Waals surface area contributed by atoms with E-state index in [-0.39, 0.29) is 5.91 Å². The molecule has 0 radical (unpaired) electrons. The van der Waals surface area contributed by atoms with Crippen molar-refractivity contribution in [1.82, 2.24) is 4.90 Å². The molecule has 4 nitrogen and oxygen atoms in total. The first kappa shape index (κ1) is 11.3. The summed E-state index contributed by atoms with van der Waals surface area (Å²) in [5, 5.41) is 0.882. The number of allylic oxidation sites excluding steroid dienone is 1. The molecule has 1 saturated carbocycles. The maximum Gasteiger partial charge on any atom is 0.286 e. The molecule has 0 aromatic carbocycles. The van der Waals surface area contributed by atoms with Crippen molar-refractivity contribution in [2.24, 2.45) is 4.99 Å². The zero-order valence-corrected chi connectivity index (χ0v) is 10.6. The van der Waals surface area contributed by atoms with Gasteiger partial charge in [-0.05, 0) is 37.4 Å². The minimum absolute atomic E-state index is 0.0200. The molecule has 92 valence electrons. The number of rotatable bonds is 0. The minimum atomic E-state index is -0.0200. The summed E-state index contributed by atoms with van der Waals surface area (Å²) in [4.78, 5) is 19.1. The van der Waals surface area contributed by atoms with Gasteiger partial charge in [-0.1, -0.05) is 5.57 Å². The van der Waals surface area contributed by atoms with Gasteiger partial charge in [-0.15, -0.1) is 0 Å². The highest BCUT2D eigenvalue weighted by Crippen LogP contribution is 2.37. The van der Waals surface area contributed by atoms with Crippen molar-refractivity contribution < 1.29 is 9.53 Å². The van der Waals surface area contributed by atoms with Crippen LogP contribution in [0.3, 0.4) is 0 Å². The van der Waals surface area contributed by atoms with E-state index < -0.39 is 0 Å². The maximum atomic E-state index is 11.9. The van der Waals surface area contributed by atoms with Gasteiger partial charge in [0.1, 0.15) is 0 Å². The highest BCUT2D eigenvalue weighted by atomic mass is 32.2. The van der Waals surface area contributed by atoms with E-state index in [9.17, 15) is 4.79 Å². The molecule has 1 amide bonds. The molecule has 2 aliphatic heterocycles. The highest BCUT2D eigenvalue weighted by Gasteiger charge is 2.30. The van der Waals surface area contributed by atoms with E-state index in [0.29, 0.717) is 0 Å². The molecule has 1 aliphatic carbocycles. The molecule has 0 aromatic rings. The number of morpholine rings is 1. The molecule has 0 unspecified atom stereocenters. The molecule has 2 fully saturated rings. The zero-order chi connectivity index (χ0) is 11.7. The summed E-state index contributed by atoms with van der Waals surface area (Å²) in [6.45, 7) is 3.17. The topological polar surface area (TPSA) is 41.9 Å². The Morgan fingerprint density at radius 3 is 2.59 bits per heavy atom. The summed E-state index contributed by atoms with van der Waals surface area (Å²) in [7, 11) is 0. The fraction of sp³-hybridized carbons (Fsp3) is 0.667. The normalized spacial score (nSPS) is 25.8. The van der Waals surface area contributed by atoms with Crippen molar-refractivity contribution in [2.75, 3.05) is 26.3 Å². The van der Waals surface area contributed by atoms with Crippen molar-refractivity contribution in [1.29, 1.82) is 0 Å². The molecular weight excluding hydrogens is 236 g/mol. The molecule has 3 rings (SSSR count). The summed E-state index contributed by atoms with van der Waals surface area (Å²) >= 11 is 1.57. The number of thioether (sulfide) groups is 1. The van der Waals surface area contributed by atoms with E-state index in [1.54, 1.807) is 11.8 Å². The predicted molar refractivity (Wildman–Crippen MR) is 67.9 cm³/mol. The zero-order valence-electron chi connectivity index (χ0n) is 9.78. The van der Waals surface area contributed by atoms with E-state index in [0.717, 1.165) is 49.2 Å². The van der Waals surface area contributed by atoms with E-state index >= 15 is 0 Å². The Balaban J connectivity index is 1.75. The number of hydrogen-bond acceptors (Lipinski definition) is 4. The molecule has 17 heavy (non-hydrogen) atoms. The minimum Gasteiger partial charge on any atom is -0.378 e. The molecule has 0 N–H and O–H groups in total. The lowest BCUT2D eigenvalue weighted by Crippen LogP contribution is -2.38. The fourth-order valence-corrected chi connectivity index (χ4v) is 3.54. The number of amides is 1. The molecule has 0 spiro atoms. The van der Waals surface area contributed by atoms with Gasteiger partial charge in [-0.3, -0.25) is 4.79 Å². The molecular formula is C12H16N2O2S. The van der Waals surface area contributed by atoms with Gasteiger partial charge in [0.05, 0.1) is 18.1 Å². The van der Waals surface area contributed by atoms with Crippen LogP contribution in [0.2, 0.25) is 0 Å². The number of hydrogen-bond donors (Lipinski definition) is 0. The van der Waals surface area contributed by atoms with Crippen LogP contribution in [0, 0.1) is 0 Å². The summed E-state index contributed by atoms with van der Waals surface area (Å²) < 4.78 is 5.31. The maximum absolute atomic E-state index is 11.9. The van der Waals surface area contributed by atoms with Gasteiger partial charge in [-0.2, -0.15) is 4.99 Å². The van der Waals surface area contributed by atoms with Crippen molar-refractivity contribution in [2.45, 2.75) is 25.7 Å². The number of aliphatic imine (C=N–C) groups is 1. The highest BCUT2D eigenvalue weighted by molar-refractivity contribution is 8.18. The summed E-state index contributed by atoms with van der Waals surface area (Å²) in [5.41, 5.74) is 1.33. The van der Waals surface area contributed by atoms with Gasteiger partial charge < -0.3 is 9.64 Å². The molecule has 0 atom stereocenters. The van der Waals surface area contributed by atoms with Crippen molar-refractivity contribution in [3.63, 3.8) is 0 Å². The number of ether oxygens (including phenoxy) is 1. The largest absolute Gasteiger partial charge is 0.378 e. The van der Waals surface area contributed by atoms with Crippen LogP contribution in [0.25, 0.3) is 0 Å². The Kier molecular flexibility index (Phi) is 3.20. The average molecular weight is 252 g/mol. The standard InChI is InChI=1S/C12H16N2O2S/c15-11-10(9-3-1-2-4-9)17-12(13-11)14-5-7-16-8-6-14/h1-8H2. The van der Waals surface area contributed by atoms with Crippen LogP contribution in [-0.2, 0) is 9.53 Å². The Bertz CT molecular complexity index is 389.